The van der Waals surface area contributed by atoms with Crippen LogP contribution in [0.15, 0.2) is 104 Å². The molecule has 274 valence electrons. The third-order valence-electron chi connectivity index (χ3n) is 8.71. The lowest BCUT2D eigenvalue weighted by atomic mass is 10.1. The monoisotopic (exact) mass is 757 g/mol. The number of aromatic nitrogens is 6. The van der Waals surface area contributed by atoms with Gasteiger partial charge in [0.15, 0.2) is 0 Å². The van der Waals surface area contributed by atoms with Crippen molar-refractivity contribution in [1.29, 1.82) is 0 Å². The van der Waals surface area contributed by atoms with Crippen LogP contribution in [0.2, 0.25) is 0 Å². The van der Waals surface area contributed by atoms with E-state index in [0.29, 0.717) is 31.1 Å². The lowest BCUT2D eigenvalue weighted by Crippen LogP contribution is -2.28. The molecule has 14 heteroatoms. The number of amides is 2. The minimum Gasteiger partial charge on any atom is -0.377 e. The first-order chi connectivity index (χ1) is 26.6. The second-order valence-corrected chi connectivity index (χ2v) is 14.9. The van der Waals surface area contributed by atoms with Crippen LogP contribution in [0.5, 0.6) is 0 Å². The summed E-state index contributed by atoms with van der Waals surface area (Å²) in [5, 5.41) is 6.98. The summed E-state index contributed by atoms with van der Waals surface area (Å²) in [6, 6.07) is 15.6. The summed E-state index contributed by atoms with van der Waals surface area (Å²) in [4.78, 5) is 55.6. The number of pyridine rings is 2. The average molecular weight is 758 g/mol. The molecule has 0 saturated carbocycles. The number of piperidine rings is 1. The van der Waals surface area contributed by atoms with Gasteiger partial charge < -0.3 is 20.3 Å². The number of anilines is 3. The van der Waals surface area contributed by atoms with Gasteiger partial charge in [-0.3, -0.25) is 29.5 Å². The Morgan fingerprint density at radius 2 is 1.28 bits per heavy atom. The molecular formula is C40H39N9O3S2. The minimum atomic E-state index is -0.0795. The predicted octanol–water partition coefficient (Wildman–Crippen LogP) is 7.36. The topological polar surface area (TPSA) is 148 Å². The minimum absolute atomic E-state index is 0.0539. The Morgan fingerprint density at radius 1 is 0.667 bits per heavy atom. The first kappa shape index (κ1) is 36.6. The Balaban J connectivity index is 0.000000167. The standard InChI is InChI=1S/C20H21N5OS.C20H18N4O2S/c26-19(12-16-5-7-20(27-16)25-10-2-1-3-11-25)24-18-6-4-15(13-23-18)17-14-21-8-9-22-17;25-20(11-16-2-3-18(27-16)14-5-9-26-10-6-14)24-19-4-1-15(12-23-19)17-13-21-7-8-22-17/h4-9,13-14H,1-3,10-12H2,(H,23,24,26);1-5,7-8,12-13H,6,9-11H2,(H,23,24,25). The molecule has 0 unspecified atom stereocenters. The number of carbonyl (C=O) groups excluding carboxylic acids is 2. The number of nitrogens with zero attached hydrogens (tertiary/aromatic N) is 7. The smallest absolute Gasteiger partial charge is 0.230 e. The number of carbonyl (C=O) groups is 2. The van der Waals surface area contributed by atoms with Crippen LogP contribution in [0.3, 0.4) is 0 Å². The van der Waals surface area contributed by atoms with Gasteiger partial charge in [0.2, 0.25) is 11.8 Å². The molecule has 2 amide bonds. The van der Waals surface area contributed by atoms with Gasteiger partial charge in [0.1, 0.15) is 11.6 Å². The Bertz CT molecular complexity index is 2150. The highest BCUT2D eigenvalue weighted by Gasteiger charge is 2.15. The molecule has 8 rings (SSSR count). The van der Waals surface area contributed by atoms with Crippen LogP contribution in [0.4, 0.5) is 16.6 Å². The zero-order chi connectivity index (χ0) is 37.0. The average Bonchev–Trinajstić information content (AvgIpc) is 3.90. The predicted molar refractivity (Wildman–Crippen MR) is 213 cm³/mol. The van der Waals surface area contributed by atoms with Crippen LogP contribution in [-0.2, 0) is 27.2 Å². The highest BCUT2D eigenvalue weighted by molar-refractivity contribution is 7.16. The first-order valence-corrected chi connectivity index (χ1v) is 19.4. The van der Waals surface area contributed by atoms with Gasteiger partial charge in [0, 0.05) is 76.0 Å². The number of rotatable bonds is 10. The molecule has 0 spiro atoms. The van der Waals surface area contributed by atoms with E-state index < -0.39 is 0 Å². The second kappa shape index (κ2) is 18.4. The van der Waals surface area contributed by atoms with Crippen molar-refractivity contribution in [2.75, 3.05) is 41.8 Å². The Morgan fingerprint density at radius 3 is 1.81 bits per heavy atom. The van der Waals surface area contributed by atoms with Crippen LogP contribution < -0.4 is 15.5 Å². The number of hydrogen-bond donors (Lipinski definition) is 2. The molecular weight excluding hydrogens is 719 g/mol. The van der Waals surface area contributed by atoms with E-state index in [9.17, 15) is 9.59 Å². The molecule has 0 aliphatic carbocycles. The van der Waals surface area contributed by atoms with Gasteiger partial charge in [-0.1, -0.05) is 6.08 Å². The highest BCUT2D eigenvalue weighted by atomic mass is 32.1. The Hall–Kier alpha value is -5.70. The summed E-state index contributed by atoms with van der Waals surface area (Å²) in [6.45, 7) is 3.66. The Labute approximate surface area is 321 Å². The van der Waals surface area contributed by atoms with Gasteiger partial charge in [-0.15, -0.1) is 22.7 Å². The molecule has 1 saturated heterocycles. The highest BCUT2D eigenvalue weighted by Crippen LogP contribution is 2.30. The first-order valence-electron chi connectivity index (χ1n) is 17.8. The lowest BCUT2D eigenvalue weighted by Gasteiger charge is -2.27. The summed E-state index contributed by atoms with van der Waals surface area (Å²) >= 11 is 3.37. The van der Waals surface area contributed by atoms with Crippen LogP contribution in [0, 0.1) is 0 Å². The molecule has 2 aliphatic heterocycles. The van der Waals surface area contributed by atoms with E-state index in [1.54, 1.807) is 84.4 Å². The number of hydrogen-bond acceptors (Lipinski definition) is 12. The molecule has 6 aromatic rings. The SMILES string of the molecule is O=C(Cc1ccc(C2=CCOCC2)s1)Nc1ccc(-c2cnccn2)cn1.O=C(Cc1ccc(N2CCCCC2)s1)Nc1ccc(-c2cnccn2)cn1. The normalized spacial score (nSPS) is 14.0. The summed E-state index contributed by atoms with van der Waals surface area (Å²) in [5.74, 6) is 0.933. The van der Waals surface area contributed by atoms with Crippen LogP contribution in [0.25, 0.3) is 28.1 Å². The van der Waals surface area contributed by atoms with E-state index in [1.165, 1.54) is 34.7 Å². The summed E-state index contributed by atoms with van der Waals surface area (Å²) < 4.78 is 5.35. The second-order valence-electron chi connectivity index (χ2n) is 12.6. The number of nitrogens with one attached hydrogen (secondary N) is 2. The van der Waals surface area contributed by atoms with E-state index in [2.05, 4.69) is 69.7 Å². The van der Waals surface area contributed by atoms with E-state index >= 15 is 0 Å². The lowest BCUT2D eigenvalue weighted by molar-refractivity contribution is -0.116. The Kier molecular flexibility index (Phi) is 12.5. The van der Waals surface area contributed by atoms with Crippen molar-refractivity contribution >= 4 is 56.7 Å². The molecule has 0 aromatic carbocycles. The van der Waals surface area contributed by atoms with Crippen LogP contribution in [0.1, 0.15) is 40.3 Å². The molecule has 0 bridgehead atoms. The molecule has 2 aliphatic rings. The fourth-order valence-corrected chi connectivity index (χ4v) is 8.10. The molecule has 6 aromatic heterocycles. The summed E-state index contributed by atoms with van der Waals surface area (Å²) in [5.41, 5.74) is 4.53. The van der Waals surface area contributed by atoms with E-state index in [-0.39, 0.29) is 11.8 Å². The molecule has 1 fully saturated rings. The molecule has 54 heavy (non-hydrogen) atoms. The van der Waals surface area contributed by atoms with Crippen molar-refractivity contribution in [2.45, 2.75) is 38.5 Å². The molecule has 0 radical (unpaired) electrons. The van der Waals surface area contributed by atoms with Gasteiger partial charge in [-0.2, -0.15) is 0 Å². The zero-order valence-corrected chi connectivity index (χ0v) is 31.2. The largest absolute Gasteiger partial charge is 0.377 e. The van der Waals surface area contributed by atoms with Crippen molar-refractivity contribution in [3.8, 4) is 22.5 Å². The van der Waals surface area contributed by atoms with Crippen molar-refractivity contribution in [3.63, 3.8) is 0 Å². The van der Waals surface area contributed by atoms with Gasteiger partial charge in [0.05, 0.1) is 54.8 Å². The van der Waals surface area contributed by atoms with Gasteiger partial charge in [-0.25, -0.2) is 9.97 Å². The van der Waals surface area contributed by atoms with E-state index in [0.717, 1.165) is 58.4 Å². The van der Waals surface area contributed by atoms with Crippen molar-refractivity contribution < 1.29 is 14.3 Å². The summed E-state index contributed by atoms with van der Waals surface area (Å²) in [6.07, 6.45) is 20.8. The van der Waals surface area contributed by atoms with Gasteiger partial charge in [-0.05, 0) is 79.8 Å². The zero-order valence-electron chi connectivity index (χ0n) is 29.6. The maximum atomic E-state index is 12.3. The van der Waals surface area contributed by atoms with Crippen molar-refractivity contribution in [1.82, 2.24) is 29.9 Å². The summed E-state index contributed by atoms with van der Waals surface area (Å²) in [7, 11) is 0. The number of thiophene rings is 2. The molecule has 12 nitrogen and oxygen atoms in total. The van der Waals surface area contributed by atoms with Crippen molar-refractivity contribution in [2.24, 2.45) is 0 Å². The molecule has 0 atom stereocenters. The number of ether oxygens (including phenoxy) is 1. The third-order valence-corrected chi connectivity index (χ3v) is 11.0. The quantitative estimate of drug-likeness (QED) is 0.145. The van der Waals surface area contributed by atoms with Crippen LogP contribution >= 0.6 is 22.7 Å². The fourth-order valence-electron chi connectivity index (χ4n) is 5.97. The van der Waals surface area contributed by atoms with Crippen molar-refractivity contribution in [3.05, 3.63) is 119 Å². The van der Waals surface area contributed by atoms with E-state index in [4.69, 9.17) is 4.74 Å². The molecule has 8 heterocycles. The maximum Gasteiger partial charge on any atom is 0.230 e. The maximum absolute atomic E-state index is 12.3. The van der Waals surface area contributed by atoms with Gasteiger partial charge in [0.25, 0.3) is 0 Å². The van der Waals surface area contributed by atoms with E-state index in [1.807, 2.05) is 18.2 Å². The third kappa shape index (κ3) is 10.2. The molecule has 2 N–H and O–H groups in total. The van der Waals surface area contributed by atoms with Gasteiger partial charge >= 0.3 is 0 Å². The fraction of sp³-hybridized carbons (Fsp3) is 0.250. The van der Waals surface area contributed by atoms with Crippen LogP contribution in [-0.4, -0.2) is 68.0 Å².